The van der Waals surface area contributed by atoms with Gasteiger partial charge in [0.2, 0.25) is 0 Å². The second-order valence-electron chi connectivity index (χ2n) is 9.23. The number of nitrogens with zero attached hydrogens (tertiary/aromatic N) is 3. The Morgan fingerprint density at radius 1 is 1.00 bits per heavy atom. The second-order valence-corrected chi connectivity index (χ2v) is 9.23. The molecular weight excluding hydrogens is 431 g/mol. The zero-order valence-electron chi connectivity index (χ0n) is 19.4. The van der Waals surface area contributed by atoms with E-state index in [0.717, 1.165) is 43.4 Å². The predicted octanol–water partition coefficient (Wildman–Crippen LogP) is 5.16. The lowest BCUT2D eigenvalue weighted by Gasteiger charge is -2.31. The first kappa shape index (κ1) is 22.3. The van der Waals surface area contributed by atoms with Crippen LogP contribution in [0.25, 0.3) is 5.69 Å². The molecule has 5 rings (SSSR count). The molecule has 2 amide bonds. The number of para-hydroxylation sites is 1. The van der Waals surface area contributed by atoms with Gasteiger partial charge in [0.25, 0.3) is 11.8 Å². The molecule has 2 aromatic carbocycles. The van der Waals surface area contributed by atoms with Gasteiger partial charge in [0, 0.05) is 35.6 Å². The number of carbonyl (C=O) groups excluding carboxylic acids is 2. The molecule has 1 aromatic heterocycles. The molecule has 0 bridgehead atoms. The minimum atomic E-state index is -0.370. The first-order valence-electron chi connectivity index (χ1n) is 12.1. The summed E-state index contributed by atoms with van der Waals surface area (Å²) in [6.07, 6.45) is 8.11. The summed E-state index contributed by atoms with van der Waals surface area (Å²) < 4.78 is 16.0. The molecule has 0 atom stereocenters. The van der Waals surface area contributed by atoms with E-state index in [1.54, 1.807) is 47.1 Å². The van der Waals surface area contributed by atoms with Crippen molar-refractivity contribution in [2.75, 3.05) is 12.4 Å². The van der Waals surface area contributed by atoms with Crippen LogP contribution < -0.4 is 5.32 Å². The zero-order valence-corrected chi connectivity index (χ0v) is 19.4. The van der Waals surface area contributed by atoms with E-state index in [1.165, 1.54) is 25.3 Å². The number of carbonyl (C=O) groups is 2. The Hall–Kier alpha value is -3.48. The monoisotopic (exact) mass is 460 g/mol. The summed E-state index contributed by atoms with van der Waals surface area (Å²) in [6.45, 7) is 0. The number of anilines is 1. The van der Waals surface area contributed by atoms with E-state index in [4.69, 9.17) is 0 Å². The maximum Gasteiger partial charge on any atom is 0.276 e. The van der Waals surface area contributed by atoms with E-state index < -0.39 is 0 Å². The van der Waals surface area contributed by atoms with Crippen LogP contribution in [-0.2, 0) is 12.8 Å². The number of fused-ring (bicyclic) bond motifs is 1. The van der Waals surface area contributed by atoms with Gasteiger partial charge in [0.05, 0.1) is 0 Å². The van der Waals surface area contributed by atoms with Crippen molar-refractivity contribution in [3.63, 3.8) is 0 Å². The van der Waals surface area contributed by atoms with E-state index in [9.17, 15) is 14.0 Å². The number of hydrogen-bond acceptors (Lipinski definition) is 3. The number of aromatic nitrogens is 2. The van der Waals surface area contributed by atoms with Crippen molar-refractivity contribution in [2.24, 2.45) is 0 Å². The Kier molecular flexibility index (Phi) is 6.18. The molecule has 1 saturated carbocycles. The predicted molar refractivity (Wildman–Crippen MR) is 129 cm³/mol. The number of rotatable bonds is 5. The smallest absolute Gasteiger partial charge is 0.276 e. The van der Waals surface area contributed by atoms with E-state index in [1.807, 2.05) is 11.9 Å². The average Bonchev–Trinajstić information content (AvgIpc) is 3.48. The number of amides is 2. The Labute approximate surface area is 198 Å². The molecule has 0 spiro atoms. The fourth-order valence-corrected chi connectivity index (χ4v) is 5.17. The SMILES string of the molecule is CN(C(=O)c1ccc(NC(=O)c2nn(-c3ccccc3F)c3c2CCC3)cc1)C1CCCCC1. The van der Waals surface area contributed by atoms with Gasteiger partial charge in [-0.05, 0) is 68.5 Å². The molecule has 1 heterocycles. The number of hydrogen-bond donors (Lipinski definition) is 1. The van der Waals surface area contributed by atoms with Crippen molar-refractivity contribution < 1.29 is 14.0 Å². The van der Waals surface area contributed by atoms with E-state index in [0.29, 0.717) is 28.7 Å². The first-order chi connectivity index (χ1) is 16.5. The summed E-state index contributed by atoms with van der Waals surface area (Å²) in [6, 6.07) is 13.7. The second kappa shape index (κ2) is 9.41. The molecule has 34 heavy (non-hydrogen) atoms. The van der Waals surface area contributed by atoms with Crippen LogP contribution in [0.2, 0.25) is 0 Å². The summed E-state index contributed by atoms with van der Waals surface area (Å²) in [5.41, 5.74) is 3.64. The van der Waals surface area contributed by atoms with Gasteiger partial charge in [-0.25, -0.2) is 9.07 Å². The molecule has 0 saturated heterocycles. The van der Waals surface area contributed by atoms with Crippen LogP contribution in [0.3, 0.4) is 0 Å². The molecule has 0 unspecified atom stereocenters. The van der Waals surface area contributed by atoms with Crippen LogP contribution in [0.1, 0.15) is 70.6 Å². The summed E-state index contributed by atoms with van der Waals surface area (Å²) in [5, 5.41) is 7.38. The van der Waals surface area contributed by atoms with Crippen molar-refractivity contribution in [1.29, 1.82) is 0 Å². The third-order valence-electron chi connectivity index (χ3n) is 7.06. The lowest BCUT2D eigenvalue weighted by atomic mass is 9.94. The molecule has 6 nitrogen and oxygen atoms in total. The summed E-state index contributed by atoms with van der Waals surface area (Å²) in [5.74, 6) is -0.692. The van der Waals surface area contributed by atoms with Gasteiger partial charge in [-0.1, -0.05) is 31.4 Å². The zero-order chi connectivity index (χ0) is 23.7. The molecule has 1 N–H and O–H groups in total. The van der Waals surface area contributed by atoms with Gasteiger partial charge in [-0.3, -0.25) is 9.59 Å². The molecule has 2 aliphatic carbocycles. The molecule has 2 aliphatic rings. The van der Waals surface area contributed by atoms with Crippen molar-refractivity contribution in [2.45, 2.75) is 57.4 Å². The number of nitrogens with one attached hydrogen (secondary N) is 1. The Morgan fingerprint density at radius 3 is 2.47 bits per heavy atom. The van der Waals surface area contributed by atoms with Gasteiger partial charge in [-0.2, -0.15) is 5.10 Å². The number of halogens is 1. The van der Waals surface area contributed by atoms with E-state index in [2.05, 4.69) is 10.4 Å². The quantitative estimate of drug-likeness (QED) is 0.572. The largest absolute Gasteiger partial charge is 0.339 e. The van der Waals surface area contributed by atoms with Crippen LogP contribution in [0.5, 0.6) is 0 Å². The number of benzene rings is 2. The van der Waals surface area contributed by atoms with Crippen LogP contribution in [0, 0.1) is 5.82 Å². The van der Waals surface area contributed by atoms with Gasteiger partial charge in [0.15, 0.2) is 5.69 Å². The van der Waals surface area contributed by atoms with Crippen molar-refractivity contribution in [3.05, 3.63) is 76.9 Å². The Balaban J connectivity index is 1.32. The molecule has 7 heteroatoms. The highest BCUT2D eigenvalue weighted by atomic mass is 19.1. The molecular formula is C27H29FN4O2. The van der Waals surface area contributed by atoms with Crippen LogP contribution in [0.15, 0.2) is 48.5 Å². The van der Waals surface area contributed by atoms with E-state index in [-0.39, 0.29) is 17.6 Å². The van der Waals surface area contributed by atoms with Crippen LogP contribution in [-0.4, -0.2) is 39.6 Å². The highest BCUT2D eigenvalue weighted by Crippen LogP contribution is 2.29. The van der Waals surface area contributed by atoms with Gasteiger partial charge >= 0.3 is 0 Å². The maximum absolute atomic E-state index is 14.4. The lowest BCUT2D eigenvalue weighted by Crippen LogP contribution is -2.38. The molecule has 0 aliphatic heterocycles. The first-order valence-corrected chi connectivity index (χ1v) is 12.1. The third kappa shape index (κ3) is 4.22. The normalized spacial score (nSPS) is 15.7. The van der Waals surface area contributed by atoms with E-state index >= 15 is 0 Å². The highest BCUT2D eigenvalue weighted by molar-refractivity contribution is 6.04. The standard InChI is InChI=1S/C27H29FN4O2/c1-31(20-8-3-2-4-9-20)27(34)18-14-16-19(17-15-18)29-26(33)25-21-10-7-13-23(21)32(30-25)24-12-6-5-11-22(24)28/h5-6,11-12,14-17,20H,2-4,7-10,13H2,1H3,(H,29,33). The lowest BCUT2D eigenvalue weighted by molar-refractivity contribution is 0.0696. The Bertz CT molecular complexity index is 1210. The fourth-order valence-electron chi connectivity index (χ4n) is 5.17. The minimum Gasteiger partial charge on any atom is -0.339 e. The molecule has 176 valence electrons. The highest BCUT2D eigenvalue weighted by Gasteiger charge is 2.28. The van der Waals surface area contributed by atoms with Crippen molar-refractivity contribution in [3.8, 4) is 5.69 Å². The minimum absolute atomic E-state index is 0.00577. The fraction of sp³-hybridized carbons (Fsp3) is 0.370. The van der Waals surface area contributed by atoms with Crippen molar-refractivity contribution in [1.82, 2.24) is 14.7 Å². The van der Waals surface area contributed by atoms with Crippen LogP contribution in [0.4, 0.5) is 10.1 Å². The van der Waals surface area contributed by atoms with Gasteiger partial charge in [-0.15, -0.1) is 0 Å². The maximum atomic E-state index is 14.4. The molecule has 1 fully saturated rings. The average molecular weight is 461 g/mol. The van der Waals surface area contributed by atoms with Crippen LogP contribution >= 0.6 is 0 Å². The summed E-state index contributed by atoms with van der Waals surface area (Å²) in [4.78, 5) is 27.8. The third-order valence-corrected chi connectivity index (χ3v) is 7.06. The summed E-state index contributed by atoms with van der Waals surface area (Å²) in [7, 11) is 1.88. The van der Waals surface area contributed by atoms with Gasteiger partial charge < -0.3 is 10.2 Å². The summed E-state index contributed by atoms with van der Waals surface area (Å²) >= 11 is 0. The topological polar surface area (TPSA) is 67.2 Å². The molecule has 3 aromatic rings. The van der Waals surface area contributed by atoms with Crippen molar-refractivity contribution >= 4 is 17.5 Å². The Morgan fingerprint density at radius 2 is 1.74 bits per heavy atom. The van der Waals surface area contributed by atoms with Gasteiger partial charge in [0.1, 0.15) is 11.5 Å². The molecule has 0 radical (unpaired) electrons.